The van der Waals surface area contributed by atoms with E-state index in [1.54, 1.807) is 11.0 Å². The van der Waals surface area contributed by atoms with E-state index >= 15 is 0 Å². The normalized spacial score (nSPS) is 12.4. The van der Waals surface area contributed by atoms with E-state index in [2.05, 4.69) is 0 Å². The van der Waals surface area contributed by atoms with Crippen LogP contribution in [-0.2, 0) is 13.2 Å². The number of amides is 1. The third kappa shape index (κ3) is 4.21. The fraction of sp³-hybridized carbons (Fsp3) is 0.261. The van der Waals surface area contributed by atoms with Crippen LogP contribution in [0.3, 0.4) is 0 Å². The summed E-state index contributed by atoms with van der Waals surface area (Å²) in [6.07, 6.45) is 1.52. The second kappa shape index (κ2) is 8.73. The Labute approximate surface area is 169 Å². The molecule has 0 aliphatic carbocycles. The predicted molar refractivity (Wildman–Crippen MR) is 107 cm³/mol. The zero-order chi connectivity index (χ0) is 20.1. The highest BCUT2D eigenvalue weighted by Gasteiger charge is 2.24. The monoisotopic (exact) mass is 393 g/mol. The number of furan rings is 1. The third-order valence-corrected chi connectivity index (χ3v) is 4.76. The minimum atomic E-state index is -0.182. The van der Waals surface area contributed by atoms with E-state index in [9.17, 15) is 4.79 Å². The van der Waals surface area contributed by atoms with E-state index in [1.807, 2.05) is 55.5 Å². The Bertz CT molecular complexity index is 966. The van der Waals surface area contributed by atoms with Gasteiger partial charge in [0.25, 0.3) is 5.91 Å². The van der Waals surface area contributed by atoms with E-state index in [-0.39, 0.29) is 12.5 Å². The van der Waals surface area contributed by atoms with Gasteiger partial charge in [-0.05, 0) is 31.2 Å². The molecule has 1 aliphatic heterocycles. The summed E-state index contributed by atoms with van der Waals surface area (Å²) in [5.74, 6) is 2.28. The SMILES string of the molecule is CCN(Cc1cccc2c1OCCO2)C(=O)c1occc1COc1ccccc1. The lowest BCUT2D eigenvalue weighted by Crippen LogP contribution is -2.31. The molecule has 1 aromatic heterocycles. The Hall–Kier alpha value is -3.41. The summed E-state index contributed by atoms with van der Waals surface area (Å²) in [6, 6.07) is 17.0. The molecule has 0 saturated carbocycles. The van der Waals surface area contributed by atoms with Gasteiger partial charge in [-0.1, -0.05) is 30.3 Å². The van der Waals surface area contributed by atoms with Crippen LogP contribution >= 0.6 is 0 Å². The zero-order valence-electron chi connectivity index (χ0n) is 16.3. The first-order valence-corrected chi connectivity index (χ1v) is 9.67. The van der Waals surface area contributed by atoms with Crippen LogP contribution < -0.4 is 14.2 Å². The van der Waals surface area contributed by atoms with E-state index < -0.39 is 0 Å². The fourth-order valence-electron chi connectivity index (χ4n) is 3.25. The van der Waals surface area contributed by atoms with Crippen molar-refractivity contribution in [1.29, 1.82) is 0 Å². The summed E-state index contributed by atoms with van der Waals surface area (Å²) < 4.78 is 22.7. The molecule has 1 aliphatic rings. The van der Waals surface area contributed by atoms with Crippen molar-refractivity contribution in [3.05, 3.63) is 77.7 Å². The first-order chi connectivity index (χ1) is 14.3. The largest absolute Gasteiger partial charge is 0.489 e. The molecule has 0 atom stereocenters. The van der Waals surface area contributed by atoms with E-state index in [1.165, 1.54) is 6.26 Å². The van der Waals surface area contributed by atoms with Crippen LogP contribution in [0, 0.1) is 0 Å². The zero-order valence-corrected chi connectivity index (χ0v) is 16.3. The first kappa shape index (κ1) is 18.9. The summed E-state index contributed by atoms with van der Waals surface area (Å²) >= 11 is 0. The van der Waals surface area contributed by atoms with Crippen molar-refractivity contribution in [3.8, 4) is 17.2 Å². The van der Waals surface area contributed by atoms with Crippen molar-refractivity contribution in [1.82, 2.24) is 4.90 Å². The lowest BCUT2D eigenvalue weighted by atomic mass is 10.1. The third-order valence-electron chi connectivity index (χ3n) is 4.76. The summed E-state index contributed by atoms with van der Waals surface area (Å²) in [7, 11) is 0. The molecule has 0 N–H and O–H groups in total. The van der Waals surface area contributed by atoms with Gasteiger partial charge in [-0.15, -0.1) is 0 Å². The maximum Gasteiger partial charge on any atom is 0.290 e. The van der Waals surface area contributed by atoms with Crippen molar-refractivity contribution in [2.45, 2.75) is 20.1 Å². The number of carbonyl (C=O) groups excluding carboxylic acids is 1. The highest BCUT2D eigenvalue weighted by atomic mass is 16.6. The molecular formula is C23H23NO5. The average Bonchev–Trinajstić information content (AvgIpc) is 3.25. The van der Waals surface area contributed by atoms with E-state index in [0.717, 1.165) is 11.3 Å². The van der Waals surface area contributed by atoms with Crippen LogP contribution in [0.15, 0.2) is 65.3 Å². The molecule has 2 aromatic carbocycles. The summed E-state index contributed by atoms with van der Waals surface area (Å²) in [5.41, 5.74) is 1.62. The number of fused-ring (bicyclic) bond motifs is 1. The minimum absolute atomic E-state index is 0.182. The van der Waals surface area contributed by atoms with E-state index in [0.29, 0.717) is 49.1 Å². The van der Waals surface area contributed by atoms with Gasteiger partial charge in [0.1, 0.15) is 25.6 Å². The summed E-state index contributed by atoms with van der Waals surface area (Å²) in [4.78, 5) is 14.9. The van der Waals surface area contributed by atoms with Crippen molar-refractivity contribution < 1.29 is 23.4 Å². The maximum absolute atomic E-state index is 13.1. The highest BCUT2D eigenvalue weighted by Crippen LogP contribution is 2.34. The standard InChI is InChI=1S/C23H23NO5/c1-2-24(15-17-7-6-10-20-21(17)28-14-13-26-20)23(25)22-18(11-12-27-22)16-29-19-8-4-3-5-9-19/h3-12H,2,13-16H2,1H3. The molecule has 4 rings (SSSR count). The number of ether oxygens (including phenoxy) is 3. The molecule has 0 unspecified atom stereocenters. The molecular weight excluding hydrogens is 370 g/mol. The van der Waals surface area contributed by atoms with Gasteiger partial charge >= 0.3 is 0 Å². The van der Waals surface area contributed by atoms with Crippen LogP contribution in [0.25, 0.3) is 0 Å². The second-order valence-electron chi connectivity index (χ2n) is 6.64. The molecule has 6 heteroatoms. The van der Waals surface area contributed by atoms with Crippen molar-refractivity contribution in [3.63, 3.8) is 0 Å². The number of hydrogen-bond acceptors (Lipinski definition) is 5. The van der Waals surface area contributed by atoms with Crippen LogP contribution in [0.4, 0.5) is 0 Å². The Morgan fingerprint density at radius 3 is 2.66 bits per heavy atom. The first-order valence-electron chi connectivity index (χ1n) is 9.67. The van der Waals surface area contributed by atoms with Crippen LogP contribution in [0.5, 0.6) is 17.2 Å². The molecule has 0 spiro atoms. The molecule has 2 heterocycles. The number of para-hydroxylation sites is 2. The van der Waals surface area contributed by atoms with Crippen LogP contribution in [0.1, 0.15) is 28.6 Å². The molecule has 150 valence electrons. The Morgan fingerprint density at radius 2 is 1.83 bits per heavy atom. The van der Waals surface area contributed by atoms with Crippen LogP contribution in [-0.4, -0.2) is 30.6 Å². The molecule has 0 fully saturated rings. The van der Waals surface area contributed by atoms with Gasteiger partial charge < -0.3 is 23.5 Å². The Balaban J connectivity index is 1.49. The molecule has 6 nitrogen and oxygen atoms in total. The molecule has 0 saturated heterocycles. The minimum Gasteiger partial charge on any atom is -0.489 e. The quantitative estimate of drug-likeness (QED) is 0.599. The van der Waals surface area contributed by atoms with Gasteiger partial charge in [0.15, 0.2) is 17.3 Å². The van der Waals surface area contributed by atoms with Gasteiger partial charge in [-0.25, -0.2) is 0 Å². The summed E-state index contributed by atoms with van der Waals surface area (Å²) in [5, 5.41) is 0. The van der Waals surface area contributed by atoms with Crippen molar-refractivity contribution >= 4 is 5.91 Å². The summed E-state index contributed by atoms with van der Waals surface area (Å²) in [6.45, 7) is 4.17. The van der Waals surface area contributed by atoms with Crippen molar-refractivity contribution in [2.75, 3.05) is 19.8 Å². The van der Waals surface area contributed by atoms with E-state index in [4.69, 9.17) is 18.6 Å². The van der Waals surface area contributed by atoms with Gasteiger partial charge in [-0.3, -0.25) is 4.79 Å². The van der Waals surface area contributed by atoms with Gasteiger partial charge in [0.2, 0.25) is 0 Å². The second-order valence-corrected chi connectivity index (χ2v) is 6.64. The molecule has 1 amide bonds. The number of nitrogens with zero attached hydrogens (tertiary/aromatic N) is 1. The molecule has 0 radical (unpaired) electrons. The lowest BCUT2D eigenvalue weighted by Gasteiger charge is -2.25. The van der Waals surface area contributed by atoms with Gasteiger partial charge in [0, 0.05) is 24.2 Å². The topological polar surface area (TPSA) is 61.1 Å². The maximum atomic E-state index is 13.1. The number of benzene rings is 2. The number of rotatable bonds is 7. The molecule has 29 heavy (non-hydrogen) atoms. The van der Waals surface area contributed by atoms with Crippen LogP contribution in [0.2, 0.25) is 0 Å². The molecule has 0 bridgehead atoms. The fourth-order valence-corrected chi connectivity index (χ4v) is 3.25. The Kier molecular flexibility index (Phi) is 5.70. The molecule has 3 aromatic rings. The van der Waals surface area contributed by atoms with Gasteiger partial charge in [0.05, 0.1) is 6.26 Å². The predicted octanol–water partition coefficient (Wildman–Crippen LogP) is 4.29. The smallest absolute Gasteiger partial charge is 0.290 e. The van der Waals surface area contributed by atoms with Gasteiger partial charge in [-0.2, -0.15) is 0 Å². The number of hydrogen-bond donors (Lipinski definition) is 0. The Morgan fingerprint density at radius 1 is 1.00 bits per heavy atom. The average molecular weight is 393 g/mol. The van der Waals surface area contributed by atoms with Crippen molar-refractivity contribution in [2.24, 2.45) is 0 Å². The highest BCUT2D eigenvalue weighted by molar-refractivity contribution is 5.93. The number of carbonyl (C=O) groups is 1. The lowest BCUT2D eigenvalue weighted by molar-refractivity contribution is 0.0713.